The fourth-order valence-corrected chi connectivity index (χ4v) is 5.50. The van der Waals surface area contributed by atoms with Crippen molar-refractivity contribution in [1.29, 1.82) is 0 Å². The molecule has 1 aromatic heterocycles. The molecule has 1 aliphatic rings. The van der Waals surface area contributed by atoms with Gasteiger partial charge in [0.25, 0.3) is 0 Å². The van der Waals surface area contributed by atoms with E-state index in [2.05, 4.69) is 5.10 Å². The van der Waals surface area contributed by atoms with Gasteiger partial charge in [0.2, 0.25) is 10.0 Å². The summed E-state index contributed by atoms with van der Waals surface area (Å²) in [6, 6.07) is -0.494. The fourth-order valence-electron chi connectivity index (χ4n) is 3.38. The maximum absolute atomic E-state index is 13.0. The predicted octanol–water partition coefficient (Wildman–Crippen LogP) is 1.39. The highest BCUT2D eigenvalue weighted by Gasteiger charge is 2.45. The van der Waals surface area contributed by atoms with Crippen molar-refractivity contribution in [3.63, 3.8) is 0 Å². The highest BCUT2D eigenvalue weighted by atomic mass is 32.2. The first kappa shape index (κ1) is 17.0. The van der Waals surface area contributed by atoms with Crippen molar-refractivity contribution in [2.75, 3.05) is 6.54 Å². The molecule has 2 rings (SSSR count). The molecule has 2 heterocycles. The number of carboxylic acids is 1. The summed E-state index contributed by atoms with van der Waals surface area (Å²) in [5, 5.41) is 13.5. The number of hydrogen-bond acceptors (Lipinski definition) is 4. The van der Waals surface area contributed by atoms with Gasteiger partial charge >= 0.3 is 5.97 Å². The van der Waals surface area contributed by atoms with Gasteiger partial charge in [-0.05, 0) is 33.6 Å². The number of carbonyl (C=O) groups is 1. The summed E-state index contributed by atoms with van der Waals surface area (Å²) < 4.78 is 29.1. The summed E-state index contributed by atoms with van der Waals surface area (Å²) in [6.45, 7) is 7.98. The Hall–Kier alpha value is -1.41. The van der Waals surface area contributed by atoms with E-state index < -0.39 is 28.0 Å². The van der Waals surface area contributed by atoms with E-state index in [1.54, 1.807) is 18.5 Å². The molecular formula is C14H23N3O4S. The van der Waals surface area contributed by atoms with E-state index in [1.165, 1.54) is 4.31 Å². The monoisotopic (exact) mass is 329 g/mol. The zero-order chi connectivity index (χ0) is 16.7. The van der Waals surface area contributed by atoms with Crippen LogP contribution in [0.1, 0.15) is 38.1 Å². The van der Waals surface area contributed by atoms with Gasteiger partial charge in [-0.1, -0.05) is 6.92 Å². The molecule has 22 heavy (non-hydrogen) atoms. The van der Waals surface area contributed by atoms with Crippen molar-refractivity contribution >= 4 is 16.0 Å². The van der Waals surface area contributed by atoms with Gasteiger partial charge in [0.15, 0.2) is 0 Å². The number of carboxylic acid groups (broad SMARTS) is 1. The second kappa shape index (κ2) is 6.00. The second-order valence-electron chi connectivity index (χ2n) is 5.64. The van der Waals surface area contributed by atoms with Crippen LogP contribution in [0.15, 0.2) is 4.90 Å². The van der Waals surface area contributed by atoms with Gasteiger partial charge in [-0.25, -0.2) is 8.42 Å². The minimum absolute atomic E-state index is 0.221. The summed E-state index contributed by atoms with van der Waals surface area (Å²) in [6.07, 6.45) is 0.837. The van der Waals surface area contributed by atoms with E-state index >= 15 is 0 Å². The maximum Gasteiger partial charge on any atom is 0.308 e. The minimum atomic E-state index is -3.73. The first-order valence-corrected chi connectivity index (χ1v) is 8.98. The van der Waals surface area contributed by atoms with Crippen LogP contribution in [0.4, 0.5) is 0 Å². The van der Waals surface area contributed by atoms with E-state index in [-0.39, 0.29) is 11.4 Å². The van der Waals surface area contributed by atoms with Crippen LogP contribution in [0.3, 0.4) is 0 Å². The largest absolute Gasteiger partial charge is 0.481 e. The molecule has 2 atom stereocenters. The zero-order valence-electron chi connectivity index (χ0n) is 13.4. The van der Waals surface area contributed by atoms with Crippen LogP contribution in [-0.2, 0) is 21.4 Å². The molecule has 0 spiro atoms. The standard InChI is InChI=1S/C14H23N3O4S/c1-5-12-11(14(18)19)7-8-17(12)22(20,21)13-9(3)15-16(6-2)10(13)4/h11-12H,5-8H2,1-4H3,(H,18,19). The van der Waals surface area contributed by atoms with E-state index in [0.29, 0.717) is 30.8 Å². The third-order valence-corrected chi connectivity index (χ3v) is 6.59. The first-order valence-electron chi connectivity index (χ1n) is 7.54. The number of rotatable bonds is 5. The number of aliphatic carboxylic acids is 1. The number of nitrogens with zero attached hydrogens (tertiary/aromatic N) is 3. The molecule has 1 fully saturated rings. The van der Waals surface area contributed by atoms with Gasteiger partial charge in [-0.3, -0.25) is 9.48 Å². The Labute approximate surface area is 131 Å². The molecule has 1 aliphatic heterocycles. The van der Waals surface area contributed by atoms with Crippen LogP contribution in [-0.4, -0.2) is 46.2 Å². The Morgan fingerprint density at radius 1 is 1.36 bits per heavy atom. The van der Waals surface area contributed by atoms with Crippen molar-refractivity contribution in [1.82, 2.24) is 14.1 Å². The van der Waals surface area contributed by atoms with Crippen molar-refractivity contribution in [3.05, 3.63) is 11.4 Å². The summed E-state index contributed by atoms with van der Waals surface area (Å²) in [4.78, 5) is 11.5. The third-order valence-electron chi connectivity index (χ3n) is 4.41. The summed E-state index contributed by atoms with van der Waals surface area (Å²) in [7, 11) is -3.73. The highest BCUT2D eigenvalue weighted by molar-refractivity contribution is 7.89. The van der Waals surface area contributed by atoms with Crippen LogP contribution in [0.2, 0.25) is 0 Å². The lowest BCUT2D eigenvalue weighted by Gasteiger charge is -2.25. The molecule has 124 valence electrons. The molecule has 1 N–H and O–H groups in total. The third kappa shape index (κ3) is 2.54. The molecule has 0 radical (unpaired) electrons. The Bertz CT molecular complexity index is 681. The quantitative estimate of drug-likeness (QED) is 0.881. The lowest BCUT2D eigenvalue weighted by atomic mass is 9.99. The smallest absolute Gasteiger partial charge is 0.308 e. The van der Waals surface area contributed by atoms with E-state index in [9.17, 15) is 18.3 Å². The molecule has 7 nitrogen and oxygen atoms in total. The Morgan fingerprint density at radius 3 is 2.45 bits per heavy atom. The summed E-state index contributed by atoms with van der Waals surface area (Å²) in [5.41, 5.74) is 1.07. The highest BCUT2D eigenvalue weighted by Crippen LogP contribution is 2.34. The van der Waals surface area contributed by atoms with Crippen molar-refractivity contribution < 1.29 is 18.3 Å². The van der Waals surface area contributed by atoms with Crippen LogP contribution in [0, 0.1) is 19.8 Å². The van der Waals surface area contributed by atoms with Gasteiger partial charge < -0.3 is 5.11 Å². The minimum Gasteiger partial charge on any atom is -0.481 e. The van der Waals surface area contributed by atoms with Gasteiger partial charge in [0.05, 0.1) is 17.3 Å². The predicted molar refractivity (Wildman–Crippen MR) is 81.1 cm³/mol. The van der Waals surface area contributed by atoms with Gasteiger partial charge in [-0.2, -0.15) is 9.40 Å². The van der Waals surface area contributed by atoms with E-state index in [4.69, 9.17) is 0 Å². The Balaban J connectivity index is 2.47. The molecule has 0 saturated carbocycles. The number of aromatic nitrogens is 2. The first-order chi connectivity index (χ1) is 10.3. The molecular weight excluding hydrogens is 306 g/mol. The van der Waals surface area contributed by atoms with Crippen LogP contribution < -0.4 is 0 Å². The molecule has 0 amide bonds. The average molecular weight is 329 g/mol. The molecule has 0 aliphatic carbocycles. The van der Waals surface area contributed by atoms with E-state index in [1.807, 2.05) is 13.8 Å². The number of sulfonamides is 1. The molecule has 0 aromatic carbocycles. The normalized spacial score (nSPS) is 23.1. The molecule has 0 bridgehead atoms. The Morgan fingerprint density at radius 2 is 2.00 bits per heavy atom. The van der Waals surface area contributed by atoms with E-state index in [0.717, 1.165) is 0 Å². The van der Waals surface area contributed by atoms with Gasteiger partial charge in [0, 0.05) is 19.1 Å². The van der Waals surface area contributed by atoms with Crippen molar-refractivity contribution in [2.24, 2.45) is 5.92 Å². The second-order valence-corrected chi connectivity index (χ2v) is 7.47. The van der Waals surface area contributed by atoms with Crippen LogP contribution in [0.5, 0.6) is 0 Å². The lowest BCUT2D eigenvalue weighted by Crippen LogP contribution is -2.39. The van der Waals surface area contributed by atoms with Gasteiger partial charge in [0.1, 0.15) is 4.90 Å². The SMILES string of the molecule is CCC1C(C(=O)O)CCN1S(=O)(=O)c1c(C)nn(CC)c1C. The molecule has 2 unspecified atom stereocenters. The van der Waals surface area contributed by atoms with Gasteiger partial charge in [-0.15, -0.1) is 0 Å². The summed E-state index contributed by atoms with van der Waals surface area (Å²) in [5.74, 6) is -1.57. The molecule has 1 saturated heterocycles. The fraction of sp³-hybridized carbons (Fsp3) is 0.714. The number of hydrogen-bond donors (Lipinski definition) is 1. The van der Waals surface area contributed by atoms with Crippen molar-refractivity contribution in [3.8, 4) is 0 Å². The van der Waals surface area contributed by atoms with Crippen LogP contribution in [0.25, 0.3) is 0 Å². The lowest BCUT2D eigenvalue weighted by molar-refractivity contribution is -0.142. The number of aryl methyl sites for hydroxylation is 2. The maximum atomic E-state index is 13.0. The van der Waals surface area contributed by atoms with Crippen molar-refractivity contribution in [2.45, 2.75) is 58.0 Å². The average Bonchev–Trinajstić information content (AvgIpc) is 3.00. The van der Waals surface area contributed by atoms with Crippen LogP contribution >= 0.6 is 0 Å². The molecule has 1 aromatic rings. The molecule has 8 heteroatoms. The zero-order valence-corrected chi connectivity index (χ0v) is 14.2. The summed E-state index contributed by atoms with van der Waals surface area (Å²) >= 11 is 0. The topological polar surface area (TPSA) is 92.5 Å². The Kier molecular flexibility index (Phi) is 4.62.